The largest absolute Gasteiger partial charge is 0.480 e. The fourth-order valence-electron chi connectivity index (χ4n) is 2.79. The smallest absolute Gasteiger partial charge is 0.322 e. The summed E-state index contributed by atoms with van der Waals surface area (Å²) < 4.78 is 0. The number of hydrogen-bond acceptors (Lipinski definition) is 8. The number of rotatable bonds is 12. The summed E-state index contributed by atoms with van der Waals surface area (Å²) in [5.74, 6) is -2.24. The molecule has 13 heteroatoms. The number of nitrogens with zero attached hydrogens (tertiary/aromatic N) is 1. The van der Waals surface area contributed by atoms with E-state index in [1.165, 1.54) is 6.92 Å². The third-order valence-electron chi connectivity index (χ3n) is 4.47. The third-order valence-corrected chi connectivity index (χ3v) is 5.77. The molecule has 1 aliphatic heterocycles. The van der Waals surface area contributed by atoms with E-state index in [2.05, 4.69) is 16.6 Å². The fraction of sp³-hybridized carbons (Fsp3) is 0.611. The predicted molar refractivity (Wildman–Crippen MR) is 109 cm³/mol. The average Bonchev–Trinajstić information content (AvgIpc) is 2.90. The van der Waals surface area contributed by atoms with E-state index in [1.807, 2.05) is 0 Å². The lowest BCUT2D eigenvalue weighted by atomic mass is 10.1. The molecule has 3 amide bonds. The van der Waals surface area contributed by atoms with Gasteiger partial charge in [-0.1, -0.05) is 5.92 Å². The van der Waals surface area contributed by atoms with Gasteiger partial charge in [-0.15, -0.1) is 18.2 Å². The molecule has 0 aromatic carbocycles. The maximum absolute atomic E-state index is 12.5. The van der Waals surface area contributed by atoms with Crippen molar-refractivity contribution in [2.75, 3.05) is 18.8 Å². The molecule has 7 N–H and O–H groups in total. The second-order valence-corrected chi connectivity index (χ2v) is 8.32. The van der Waals surface area contributed by atoms with E-state index in [9.17, 15) is 29.1 Å². The van der Waals surface area contributed by atoms with Crippen LogP contribution in [0.4, 0.5) is 0 Å². The van der Waals surface area contributed by atoms with Crippen molar-refractivity contribution in [3.05, 3.63) is 0 Å². The van der Waals surface area contributed by atoms with Crippen molar-refractivity contribution in [3.63, 3.8) is 0 Å². The van der Waals surface area contributed by atoms with Gasteiger partial charge in [0.1, 0.15) is 24.4 Å². The number of amides is 3. The molecule has 0 aliphatic carbocycles. The Labute approximate surface area is 182 Å². The van der Waals surface area contributed by atoms with Gasteiger partial charge in [0.05, 0.1) is 11.8 Å². The van der Waals surface area contributed by atoms with Crippen LogP contribution in [0.25, 0.3) is 0 Å². The van der Waals surface area contributed by atoms with Crippen LogP contribution in [0.1, 0.15) is 26.2 Å². The Morgan fingerprint density at radius 1 is 1.39 bits per heavy atom. The third kappa shape index (κ3) is 8.08. The molecule has 1 heterocycles. The van der Waals surface area contributed by atoms with E-state index in [0.29, 0.717) is 0 Å². The number of carboxylic acids is 2. The van der Waals surface area contributed by atoms with Gasteiger partial charge < -0.3 is 36.6 Å². The van der Waals surface area contributed by atoms with Crippen molar-refractivity contribution >= 4 is 41.4 Å². The molecular weight excluding hydrogens is 432 g/mol. The van der Waals surface area contributed by atoms with Crippen LogP contribution in [-0.4, -0.2) is 91.8 Å². The molecule has 1 rings (SSSR count). The van der Waals surface area contributed by atoms with Crippen LogP contribution >= 0.6 is 11.8 Å². The minimum absolute atomic E-state index is 0.0447. The number of carbonyl (C=O) groups is 5. The van der Waals surface area contributed by atoms with E-state index in [0.717, 1.165) is 16.7 Å². The minimum Gasteiger partial charge on any atom is -0.480 e. The molecule has 0 saturated carbocycles. The molecule has 172 valence electrons. The zero-order valence-electron chi connectivity index (χ0n) is 16.9. The van der Waals surface area contributed by atoms with Crippen LogP contribution in [0.2, 0.25) is 0 Å². The van der Waals surface area contributed by atoms with Crippen LogP contribution in [0.15, 0.2) is 0 Å². The highest BCUT2D eigenvalue weighted by molar-refractivity contribution is 8.00. The lowest BCUT2D eigenvalue weighted by molar-refractivity contribution is -0.141. The topological polar surface area (TPSA) is 199 Å². The first-order valence-corrected chi connectivity index (χ1v) is 10.3. The normalized spacial score (nSPS) is 22.3. The van der Waals surface area contributed by atoms with Gasteiger partial charge in [-0.25, -0.2) is 0 Å². The van der Waals surface area contributed by atoms with Crippen molar-refractivity contribution in [1.29, 1.82) is 0 Å². The van der Waals surface area contributed by atoms with Gasteiger partial charge in [0.25, 0.3) is 0 Å². The fourth-order valence-corrected chi connectivity index (χ4v) is 4.15. The summed E-state index contributed by atoms with van der Waals surface area (Å²) in [6.45, 7) is 0.673. The molecule has 12 nitrogen and oxygen atoms in total. The average molecular weight is 458 g/mol. The summed E-state index contributed by atoms with van der Waals surface area (Å²) in [6.07, 6.45) is 4.83. The zero-order chi connectivity index (χ0) is 23.8. The first kappa shape index (κ1) is 26.2. The Bertz CT molecular complexity index is 766. The number of aliphatic hydroxyl groups is 1. The minimum atomic E-state index is -1.46. The Morgan fingerprint density at radius 3 is 2.58 bits per heavy atom. The van der Waals surface area contributed by atoms with Crippen molar-refractivity contribution in [1.82, 2.24) is 15.5 Å². The van der Waals surface area contributed by atoms with E-state index in [-0.39, 0.29) is 31.6 Å². The molecule has 1 fully saturated rings. The Morgan fingerprint density at radius 2 is 2.03 bits per heavy atom. The van der Waals surface area contributed by atoms with Crippen LogP contribution in [0, 0.1) is 12.3 Å². The Balaban J connectivity index is 2.78. The number of terminal acetylenes is 1. The summed E-state index contributed by atoms with van der Waals surface area (Å²) in [4.78, 5) is 59.5. The molecule has 31 heavy (non-hydrogen) atoms. The lowest BCUT2D eigenvalue weighted by Gasteiger charge is -2.27. The quantitative estimate of drug-likeness (QED) is 0.170. The highest BCUT2D eigenvalue weighted by Crippen LogP contribution is 2.34. The summed E-state index contributed by atoms with van der Waals surface area (Å²) in [6, 6.07) is -2.45. The van der Waals surface area contributed by atoms with Crippen LogP contribution < -0.4 is 16.4 Å². The molecule has 0 aromatic rings. The highest BCUT2D eigenvalue weighted by atomic mass is 32.2. The van der Waals surface area contributed by atoms with Gasteiger partial charge in [0.15, 0.2) is 0 Å². The van der Waals surface area contributed by atoms with Gasteiger partial charge >= 0.3 is 11.9 Å². The maximum atomic E-state index is 12.5. The number of thioether (sulfide) groups is 1. The monoisotopic (exact) mass is 458 g/mol. The Hall–Kier alpha value is -2.82. The summed E-state index contributed by atoms with van der Waals surface area (Å²) in [5.41, 5.74) is 3.89. The van der Waals surface area contributed by atoms with Gasteiger partial charge in [-0.2, -0.15) is 0 Å². The number of aliphatic carboxylic acids is 2. The second kappa shape index (κ2) is 11.5. The van der Waals surface area contributed by atoms with Crippen molar-refractivity contribution in [3.8, 4) is 12.3 Å². The van der Waals surface area contributed by atoms with Gasteiger partial charge in [-0.05, 0) is 13.3 Å². The Kier molecular flexibility index (Phi) is 9.76. The van der Waals surface area contributed by atoms with Crippen molar-refractivity contribution in [2.24, 2.45) is 5.73 Å². The number of nitrogens with one attached hydrogen (secondary N) is 2. The number of nitrogens with two attached hydrogens (primary N) is 1. The van der Waals surface area contributed by atoms with Crippen molar-refractivity contribution < 1.29 is 39.3 Å². The standard InChI is InChI=1S/C18H26N4O8S/c1-3-6-22-16(27)12(7-18(22,2)30)31-9-11(15(26)20-8-14(24)25)21-13(23)5-4-10(19)17(28)29/h1,10-12,30H,4-9,19H2,2H3,(H,20,26)(H,21,23)(H,24,25)(H,28,29)/t10-,11-,12?,18?/m0/s1. The molecule has 2 unspecified atom stereocenters. The van der Waals surface area contributed by atoms with E-state index < -0.39 is 59.3 Å². The van der Waals surface area contributed by atoms with Gasteiger partial charge in [0, 0.05) is 18.6 Å². The molecule has 4 atom stereocenters. The summed E-state index contributed by atoms with van der Waals surface area (Å²) in [7, 11) is 0. The number of carboxylic acid groups (broad SMARTS) is 2. The van der Waals surface area contributed by atoms with E-state index >= 15 is 0 Å². The first-order chi connectivity index (χ1) is 14.4. The molecule has 0 radical (unpaired) electrons. The molecule has 1 aliphatic rings. The number of carbonyl (C=O) groups excluding carboxylic acids is 3. The van der Waals surface area contributed by atoms with Crippen LogP contribution in [0.3, 0.4) is 0 Å². The van der Waals surface area contributed by atoms with E-state index in [4.69, 9.17) is 22.4 Å². The van der Waals surface area contributed by atoms with E-state index in [1.54, 1.807) is 0 Å². The van der Waals surface area contributed by atoms with Gasteiger partial charge in [-0.3, -0.25) is 24.0 Å². The second-order valence-electron chi connectivity index (χ2n) is 7.09. The molecule has 0 spiro atoms. The number of likely N-dealkylation sites (tertiary alicyclic amines) is 1. The lowest BCUT2D eigenvalue weighted by Crippen LogP contribution is -2.50. The molecule has 0 bridgehead atoms. The van der Waals surface area contributed by atoms with Crippen LogP contribution in [-0.2, 0) is 24.0 Å². The van der Waals surface area contributed by atoms with Crippen molar-refractivity contribution in [2.45, 2.75) is 49.2 Å². The zero-order valence-corrected chi connectivity index (χ0v) is 17.7. The highest BCUT2D eigenvalue weighted by Gasteiger charge is 2.46. The van der Waals surface area contributed by atoms with Crippen LogP contribution in [0.5, 0.6) is 0 Å². The molecule has 1 saturated heterocycles. The first-order valence-electron chi connectivity index (χ1n) is 9.25. The maximum Gasteiger partial charge on any atom is 0.322 e. The molecular formula is C18H26N4O8S. The predicted octanol–water partition coefficient (Wildman–Crippen LogP) is -2.46. The van der Waals surface area contributed by atoms with Gasteiger partial charge in [0.2, 0.25) is 17.7 Å². The summed E-state index contributed by atoms with van der Waals surface area (Å²) in [5, 5.41) is 31.7. The molecule has 0 aromatic heterocycles. The SMILES string of the molecule is C#CCN1C(=O)C(SC[C@H](NC(=O)CC[C@H](N)C(=O)O)C(=O)NCC(=O)O)CC1(C)O. The summed E-state index contributed by atoms with van der Waals surface area (Å²) >= 11 is 1.00. The number of hydrogen-bond donors (Lipinski definition) is 6.